The predicted octanol–water partition coefficient (Wildman–Crippen LogP) is 3.11. The normalized spacial score (nSPS) is 18.6. The molecule has 2 rings (SSSR count). The van der Waals surface area contributed by atoms with Crippen LogP contribution >= 0.6 is 0 Å². The van der Waals surface area contributed by atoms with Gasteiger partial charge in [0.1, 0.15) is 0 Å². The summed E-state index contributed by atoms with van der Waals surface area (Å²) in [5, 5.41) is 3.32. The third-order valence-electron chi connectivity index (χ3n) is 3.66. The number of benzene rings is 1. The van der Waals surface area contributed by atoms with Crippen LogP contribution < -0.4 is 11.1 Å². The van der Waals surface area contributed by atoms with Crippen molar-refractivity contribution in [1.82, 2.24) is 5.32 Å². The maximum atomic E-state index is 6.30. The highest BCUT2D eigenvalue weighted by atomic mass is 14.9. The van der Waals surface area contributed by atoms with Gasteiger partial charge in [-0.2, -0.15) is 0 Å². The van der Waals surface area contributed by atoms with Crippen molar-refractivity contribution < 1.29 is 0 Å². The van der Waals surface area contributed by atoms with E-state index in [1.807, 2.05) is 25.2 Å². The Morgan fingerprint density at radius 2 is 1.76 bits per heavy atom. The number of nitrogens with two attached hydrogens (primary N) is 1. The summed E-state index contributed by atoms with van der Waals surface area (Å²) in [6.07, 6.45) is 6.57. The van der Waals surface area contributed by atoms with Crippen molar-refractivity contribution in [3.05, 3.63) is 41.6 Å². The first-order chi connectivity index (χ1) is 8.33. The molecule has 0 aromatic heterocycles. The number of rotatable bonds is 3. The topological polar surface area (TPSA) is 38.0 Å². The summed E-state index contributed by atoms with van der Waals surface area (Å²) in [6.45, 7) is 0. The molecular formula is C15H22N2. The van der Waals surface area contributed by atoms with E-state index in [0.29, 0.717) is 5.92 Å². The van der Waals surface area contributed by atoms with E-state index in [0.717, 1.165) is 11.3 Å². The molecule has 0 amide bonds. The molecule has 17 heavy (non-hydrogen) atoms. The average Bonchev–Trinajstić information content (AvgIpc) is 2.42. The maximum absolute atomic E-state index is 6.30. The molecule has 0 heterocycles. The molecule has 1 saturated carbocycles. The third-order valence-corrected chi connectivity index (χ3v) is 3.66. The molecule has 0 radical (unpaired) electrons. The molecule has 0 bridgehead atoms. The van der Waals surface area contributed by atoms with Crippen molar-refractivity contribution in [1.29, 1.82) is 0 Å². The number of nitrogens with one attached hydrogen (secondary N) is 1. The fourth-order valence-corrected chi connectivity index (χ4v) is 2.72. The molecule has 0 aliphatic heterocycles. The van der Waals surface area contributed by atoms with Crippen LogP contribution in [-0.4, -0.2) is 7.05 Å². The van der Waals surface area contributed by atoms with Gasteiger partial charge in [-0.15, -0.1) is 0 Å². The fraction of sp³-hybridized carbons (Fsp3) is 0.467. The molecule has 1 aliphatic carbocycles. The van der Waals surface area contributed by atoms with Crippen LogP contribution in [0.1, 0.15) is 37.7 Å². The second-order valence-corrected chi connectivity index (χ2v) is 4.78. The molecule has 1 fully saturated rings. The molecule has 1 aromatic rings. The van der Waals surface area contributed by atoms with Crippen LogP contribution in [0.5, 0.6) is 0 Å². The Bertz CT molecular complexity index is 375. The Labute approximate surface area is 104 Å². The van der Waals surface area contributed by atoms with Gasteiger partial charge in [0.2, 0.25) is 0 Å². The second-order valence-electron chi connectivity index (χ2n) is 4.78. The highest BCUT2D eigenvalue weighted by Gasteiger charge is 2.19. The van der Waals surface area contributed by atoms with Crippen LogP contribution in [0.2, 0.25) is 0 Å². The van der Waals surface area contributed by atoms with Gasteiger partial charge in [0.15, 0.2) is 0 Å². The zero-order chi connectivity index (χ0) is 12.1. The van der Waals surface area contributed by atoms with Crippen LogP contribution in [0.3, 0.4) is 0 Å². The van der Waals surface area contributed by atoms with Gasteiger partial charge in [0.05, 0.1) is 5.70 Å². The first kappa shape index (κ1) is 12.0. The zero-order valence-electron chi connectivity index (χ0n) is 10.6. The van der Waals surface area contributed by atoms with Crippen LogP contribution in [0.15, 0.2) is 36.0 Å². The van der Waals surface area contributed by atoms with E-state index in [4.69, 9.17) is 5.73 Å². The molecule has 0 spiro atoms. The van der Waals surface area contributed by atoms with Gasteiger partial charge >= 0.3 is 0 Å². The monoisotopic (exact) mass is 230 g/mol. The smallest absolute Gasteiger partial charge is 0.0583 e. The Morgan fingerprint density at radius 1 is 1.12 bits per heavy atom. The summed E-state index contributed by atoms with van der Waals surface area (Å²) < 4.78 is 0. The minimum atomic E-state index is 0.619. The standard InChI is InChI=1S/C15H22N2/c1-17-15(13-10-6-3-7-11-13)14(16)12-8-4-2-5-9-12/h2,4-5,8-9,13,17H,3,6-7,10-11,16H2,1H3/b15-14-. The molecule has 0 atom stereocenters. The van der Waals surface area contributed by atoms with E-state index in [1.165, 1.54) is 37.8 Å². The third kappa shape index (κ3) is 2.82. The van der Waals surface area contributed by atoms with Crippen LogP contribution in [0.25, 0.3) is 5.70 Å². The molecule has 0 saturated heterocycles. The van der Waals surface area contributed by atoms with Crippen molar-refractivity contribution in [3.63, 3.8) is 0 Å². The van der Waals surface area contributed by atoms with Crippen molar-refractivity contribution in [3.8, 4) is 0 Å². The number of hydrogen-bond donors (Lipinski definition) is 2. The van der Waals surface area contributed by atoms with Gasteiger partial charge in [-0.3, -0.25) is 0 Å². The number of allylic oxidation sites excluding steroid dienone is 1. The number of hydrogen-bond acceptors (Lipinski definition) is 2. The minimum Gasteiger partial charge on any atom is -0.397 e. The molecule has 3 N–H and O–H groups in total. The summed E-state index contributed by atoms with van der Waals surface area (Å²) in [6, 6.07) is 10.3. The summed E-state index contributed by atoms with van der Waals surface area (Å²) in [4.78, 5) is 0. The molecule has 1 aromatic carbocycles. The van der Waals surface area contributed by atoms with E-state index < -0.39 is 0 Å². The van der Waals surface area contributed by atoms with Crippen LogP contribution in [0.4, 0.5) is 0 Å². The molecule has 0 unspecified atom stereocenters. The molecule has 2 nitrogen and oxygen atoms in total. The molecular weight excluding hydrogens is 208 g/mol. The predicted molar refractivity (Wildman–Crippen MR) is 73.2 cm³/mol. The highest BCUT2D eigenvalue weighted by molar-refractivity contribution is 5.65. The first-order valence-corrected chi connectivity index (χ1v) is 6.55. The summed E-state index contributed by atoms with van der Waals surface area (Å²) in [7, 11) is 1.99. The molecule has 2 heteroatoms. The molecule has 1 aliphatic rings. The SMILES string of the molecule is CN/C(=C(\N)c1ccccc1)C1CCCCC1. The maximum Gasteiger partial charge on any atom is 0.0583 e. The Balaban J connectivity index is 2.25. The van der Waals surface area contributed by atoms with Crippen LogP contribution in [0, 0.1) is 5.92 Å². The second kappa shape index (κ2) is 5.76. The van der Waals surface area contributed by atoms with E-state index >= 15 is 0 Å². The zero-order valence-corrected chi connectivity index (χ0v) is 10.6. The van der Waals surface area contributed by atoms with E-state index in [2.05, 4.69) is 17.4 Å². The van der Waals surface area contributed by atoms with E-state index in [1.54, 1.807) is 0 Å². The van der Waals surface area contributed by atoms with Crippen molar-refractivity contribution >= 4 is 5.70 Å². The van der Waals surface area contributed by atoms with Gasteiger partial charge in [-0.05, 0) is 18.4 Å². The summed E-state index contributed by atoms with van der Waals surface area (Å²) in [5.74, 6) is 0.619. The summed E-state index contributed by atoms with van der Waals surface area (Å²) >= 11 is 0. The van der Waals surface area contributed by atoms with Gasteiger partial charge in [-0.25, -0.2) is 0 Å². The average molecular weight is 230 g/mol. The Morgan fingerprint density at radius 3 is 2.35 bits per heavy atom. The lowest BCUT2D eigenvalue weighted by molar-refractivity contribution is 0.391. The first-order valence-electron chi connectivity index (χ1n) is 6.55. The van der Waals surface area contributed by atoms with Gasteiger partial charge in [-0.1, -0.05) is 49.6 Å². The van der Waals surface area contributed by atoms with Crippen molar-refractivity contribution in [2.24, 2.45) is 11.7 Å². The largest absolute Gasteiger partial charge is 0.397 e. The lowest BCUT2D eigenvalue weighted by Crippen LogP contribution is -2.23. The van der Waals surface area contributed by atoms with Crippen molar-refractivity contribution in [2.75, 3.05) is 7.05 Å². The van der Waals surface area contributed by atoms with E-state index in [-0.39, 0.29) is 0 Å². The molecule has 92 valence electrons. The van der Waals surface area contributed by atoms with Gasteiger partial charge in [0.25, 0.3) is 0 Å². The summed E-state index contributed by atoms with van der Waals surface area (Å²) in [5.41, 5.74) is 9.57. The Kier molecular flexibility index (Phi) is 4.08. The lowest BCUT2D eigenvalue weighted by atomic mass is 9.85. The van der Waals surface area contributed by atoms with E-state index in [9.17, 15) is 0 Å². The highest BCUT2D eigenvalue weighted by Crippen LogP contribution is 2.30. The van der Waals surface area contributed by atoms with Gasteiger partial charge in [0, 0.05) is 18.7 Å². The Hall–Kier alpha value is -1.44. The quantitative estimate of drug-likeness (QED) is 0.837. The van der Waals surface area contributed by atoms with Crippen LogP contribution in [-0.2, 0) is 0 Å². The minimum absolute atomic E-state index is 0.619. The van der Waals surface area contributed by atoms with Crippen molar-refractivity contribution in [2.45, 2.75) is 32.1 Å². The lowest BCUT2D eigenvalue weighted by Gasteiger charge is -2.26. The van der Waals surface area contributed by atoms with Gasteiger partial charge < -0.3 is 11.1 Å². The fourth-order valence-electron chi connectivity index (χ4n) is 2.72.